The molecule has 1 fully saturated rings. The number of ether oxygens (including phenoxy) is 3. The van der Waals surface area contributed by atoms with Crippen LogP contribution < -0.4 is 24.8 Å². The largest absolute Gasteiger partial charge is 0.495 e. The van der Waals surface area contributed by atoms with Gasteiger partial charge in [0.2, 0.25) is 11.8 Å². The first-order valence-corrected chi connectivity index (χ1v) is 15.2. The van der Waals surface area contributed by atoms with E-state index in [1.54, 1.807) is 78.9 Å². The summed E-state index contributed by atoms with van der Waals surface area (Å²) in [6.07, 6.45) is -0.442. The van der Waals surface area contributed by atoms with E-state index in [4.69, 9.17) is 25.8 Å². The number of para-hydroxylation sites is 4. The van der Waals surface area contributed by atoms with Gasteiger partial charge < -0.3 is 30.0 Å². The number of hydrogen-bond donors (Lipinski definition) is 3. The van der Waals surface area contributed by atoms with Gasteiger partial charge in [-0.1, -0.05) is 54.1 Å². The Morgan fingerprint density at radius 1 is 0.872 bits per heavy atom. The number of ketones is 1. The van der Waals surface area contributed by atoms with Crippen molar-refractivity contribution in [1.82, 2.24) is 0 Å². The number of anilines is 2. The Kier molecular flexibility index (Phi) is 10.1. The fourth-order valence-electron chi connectivity index (χ4n) is 6.02. The van der Waals surface area contributed by atoms with Crippen LogP contribution in [0.5, 0.6) is 17.2 Å². The first-order chi connectivity index (χ1) is 22.5. The first-order valence-electron chi connectivity index (χ1n) is 14.8. The van der Waals surface area contributed by atoms with Gasteiger partial charge in [-0.15, -0.1) is 0 Å². The number of aliphatic hydroxyl groups is 1. The van der Waals surface area contributed by atoms with Crippen molar-refractivity contribution >= 4 is 40.6 Å². The van der Waals surface area contributed by atoms with Crippen LogP contribution in [0.15, 0.2) is 91.0 Å². The Balaban J connectivity index is 1.52. The molecule has 47 heavy (non-hydrogen) atoms. The highest BCUT2D eigenvalue weighted by Gasteiger charge is 2.56. The van der Waals surface area contributed by atoms with Crippen LogP contribution in [0, 0.1) is 17.7 Å². The van der Waals surface area contributed by atoms with Gasteiger partial charge in [-0.25, -0.2) is 4.39 Å². The summed E-state index contributed by atoms with van der Waals surface area (Å²) in [4.78, 5) is 41.8. The summed E-state index contributed by atoms with van der Waals surface area (Å²) < 4.78 is 30.9. The molecule has 1 saturated carbocycles. The number of amides is 2. The van der Waals surface area contributed by atoms with E-state index in [9.17, 15) is 23.9 Å². The van der Waals surface area contributed by atoms with Gasteiger partial charge in [0.25, 0.3) is 0 Å². The Labute approximate surface area is 276 Å². The molecule has 5 rings (SSSR count). The van der Waals surface area contributed by atoms with Gasteiger partial charge >= 0.3 is 0 Å². The second-order valence-electron chi connectivity index (χ2n) is 11.4. The van der Waals surface area contributed by atoms with Crippen molar-refractivity contribution < 1.29 is 38.1 Å². The molecule has 4 atom stereocenters. The Hall–Kier alpha value is -4.93. The average molecular weight is 661 g/mol. The summed E-state index contributed by atoms with van der Waals surface area (Å²) in [6.45, 7) is 1.27. The van der Waals surface area contributed by atoms with E-state index >= 15 is 0 Å². The summed E-state index contributed by atoms with van der Waals surface area (Å²) >= 11 is 6.14. The standard InChI is InChI=1S/C36H34ClFN2O7/c1-36(44)19-28(41)32(34(42)39-26-11-4-6-13-29(26)45-2)31(33(36)35(43)40-27-12-5-7-14-30(27)46-3)21-15-17-22(18-16-21)47-20-23-24(37)9-8-10-25(23)38/h4-18,31-33,44H,19-20H2,1-3H3,(H,39,42)(H,40,43). The normalized spacial score (nSPS) is 20.6. The van der Waals surface area contributed by atoms with Gasteiger partial charge in [-0.05, 0) is 61.0 Å². The number of benzene rings is 4. The van der Waals surface area contributed by atoms with Crippen molar-refractivity contribution in [2.45, 2.75) is 31.5 Å². The molecule has 4 aromatic rings. The second kappa shape index (κ2) is 14.2. The predicted octanol–water partition coefficient (Wildman–Crippen LogP) is 6.39. The molecule has 4 aromatic carbocycles. The van der Waals surface area contributed by atoms with Crippen LogP contribution in [0.1, 0.15) is 30.4 Å². The van der Waals surface area contributed by atoms with Crippen LogP contribution in [0.3, 0.4) is 0 Å². The highest BCUT2D eigenvalue weighted by atomic mass is 35.5. The monoisotopic (exact) mass is 660 g/mol. The quantitative estimate of drug-likeness (QED) is 0.168. The average Bonchev–Trinajstić information content (AvgIpc) is 3.04. The van der Waals surface area contributed by atoms with Crippen molar-refractivity contribution in [3.05, 3.63) is 113 Å². The lowest BCUT2D eigenvalue weighted by Crippen LogP contribution is -2.56. The molecule has 1 aliphatic rings. The molecule has 0 radical (unpaired) electrons. The Morgan fingerprint density at radius 3 is 2.02 bits per heavy atom. The summed E-state index contributed by atoms with van der Waals surface area (Å²) in [5.41, 5.74) is -0.513. The zero-order chi connectivity index (χ0) is 33.7. The highest BCUT2D eigenvalue weighted by molar-refractivity contribution is 6.31. The third kappa shape index (κ3) is 7.24. The number of rotatable bonds is 10. The van der Waals surface area contributed by atoms with Crippen molar-refractivity contribution in [2.75, 3.05) is 24.9 Å². The summed E-state index contributed by atoms with van der Waals surface area (Å²) in [6, 6.07) is 24.3. The van der Waals surface area contributed by atoms with E-state index in [-0.39, 0.29) is 17.2 Å². The molecule has 0 bridgehead atoms. The molecule has 244 valence electrons. The van der Waals surface area contributed by atoms with Gasteiger partial charge in [0, 0.05) is 17.9 Å². The molecule has 9 nitrogen and oxygen atoms in total. The maximum absolute atomic E-state index is 14.3. The fourth-order valence-corrected chi connectivity index (χ4v) is 6.24. The lowest BCUT2D eigenvalue weighted by Gasteiger charge is -2.44. The third-order valence-corrected chi connectivity index (χ3v) is 8.63. The first kappa shape index (κ1) is 33.4. The topological polar surface area (TPSA) is 123 Å². The number of carbonyl (C=O) groups is 3. The second-order valence-corrected chi connectivity index (χ2v) is 11.8. The van der Waals surface area contributed by atoms with E-state index in [2.05, 4.69) is 10.6 Å². The van der Waals surface area contributed by atoms with Crippen LogP contribution in [-0.2, 0) is 21.0 Å². The van der Waals surface area contributed by atoms with E-state index in [0.717, 1.165) is 0 Å². The molecule has 2 amide bonds. The van der Waals surface area contributed by atoms with Crippen LogP contribution >= 0.6 is 11.6 Å². The van der Waals surface area contributed by atoms with Gasteiger partial charge in [0.1, 0.15) is 41.4 Å². The molecule has 0 aromatic heterocycles. The van der Waals surface area contributed by atoms with Gasteiger partial charge in [0.15, 0.2) is 0 Å². The minimum Gasteiger partial charge on any atom is -0.495 e. The predicted molar refractivity (Wildman–Crippen MR) is 175 cm³/mol. The molecular weight excluding hydrogens is 627 g/mol. The van der Waals surface area contributed by atoms with Gasteiger partial charge in [-0.2, -0.15) is 0 Å². The zero-order valence-corrected chi connectivity index (χ0v) is 26.7. The minimum atomic E-state index is -1.83. The van der Waals surface area contributed by atoms with E-state index in [1.807, 2.05) is 0 Å². The molecule has 3 N–H and O–H groups in total. The van der Waals surface area contributed by atoms with E-state index in [0.29, 0.717) is 34.2 Å². The molecule has 0 spiro atoms. The maximum atomic E-state index is 14.3. The number of carbonyl (C=O) groups excluding carboxylic acids is 3. The van der Waals surface area contributed by atoms with E-state index in [1.165, 1.54) is 33.3 Å². The summed E-state index contributed by atoms with van der Waals surface area (Å²) in [5, 5.41) is 17.5. The molecule has 1 aliphatic carbocycles. The molecule has 0 heterocycles. The van der Waals surface area contributed by atoms with Crippen molar-refractivity contribution in [1.29, 1.82) is 0 Å². The lowest BCUT2D eigenvalue weighted by atomic mass is 9.61. The maximum Gasteiger partial charge on any atom is 0.235 e. The zero-order valence-electron chi connectivity index (χ0n) is 26.0. The van der Waals surface area contributed by atoms with Crippen LogP contribution in [0.2, 0.25) is 5.02 Å². The lowest BCUT2D eigenvalue weighted by molar-refractivity contribution is -0.150. The Morgan fingerprint density at radius 2 is 1.45 bits per heavy atom. The SMILES string of the molecule is COc1ccccc1NC(=O)C1C(=O)CC(C)(O)C(C(=O)Nc2ccccc2OC)C1c1ccc(OCc2c(F)cccc2Cl)cc1. The fraction of sp³-hybridized carbons (Fsp3) is 0.250. The molecule has 0 saturated heterocycles. The summed E-state index contributed by atoms with van der Waals surface area (Å²) in [7, 11) is 2.92. The highest BCUT2D eigenvalue weighted by Crippen LogP contribution is 2.47. The van der Waals surface area contributed by atoms with Gasteiger partial charge in [-0.3, -0.25) is 14.4 Å². The van der Waals surface area contributed by atoms with Crippen molar-refractivity contribution in [3.63, 3.8) is 0 Å². The number of methoxy groups -OCH3 is 2. The molecule has 4 unspecified atom stereocenters. The number of hydrogen-bond acceptors (Lipinski definition) is 7. The number of halogens is 2. The number of Topliss-reactive ketones (excluding diaryl/α,β-unsaturated/α-hetero) is 1. The van der Waals surface area contributed by atoms with Gasteiger partial charge in [0.05, 0.1) is 42.1 Å². The minimum absolute atomic E-state index is 0.143. The smallest absolute Gasteiger partial charge is 0.235 e. The molecule has 11 heteroatoms. The van der Waals surface area contributed by atoms with Crippen molar-refractivity contribution in [3.8, 4) is 17.2 Å². The number of nitrogens with one attached hydrogen (secondary N) is 2. The van der Waals surface area contributed by atoms with Crippen LogP contribution in [0.25, 0.3) is 0 Å². The third-order valence-electron chi connectivity index (χ3n) is 8.27. The van der Waals surface area contributed by atoms with Crippen molar-refractivity contribution in [2.24, 2.45) is 11.8 Å². The Bertz CT molecular complexity index is 1760. The van der Waals surface area contributed by atoms with Crippen LogP contribution in [0.4, 0.5) is 15.8 Å². The van der Waals surface area contributed by atoms with Crippen LogP contribution in [-0.4, -0.2) is 42.5 Å². The van der Waals surface area contributed by atoms with E-state index < -0.39 is 53.2 Å². The molecular formula is C36H34ClFN2O7. The molecule has 0 aliphatic heterocycles. The summed E-state index contributed by atoms with van der Waals surface area (Å²) in [5.74, 6) is -4.92.